The van der Waals surface area contributed by atoms with E-state index in [9.17, 15) is 13.2 Å². The number of benzene rings is 2. The van der Waals surface area contributed by atoms with Gasteiger partial charge < -0.3 is 14.8 Å². The summed E-state index contributed by atoms with van der Waals surface area (Å²) in [5, 5.41) is 2.75. The second kappa shape index (κ2) is 8.17. The Morgan fingerprint density at radius 1 is 1.10 bits per heavy atom. The van der Waals surface area contributed by atoms with Crippen LogP contribution in [0.3, 0.4) is 0 Å². The molecular weight excluding hydrogens is 428 g/mol. The van der Waals surface area contributed by atoms with Crippen LogP contribution in [0.5, 0.6) is 11.5 Å². The third-order valence-corrected chi connectivity index (χ3v) is 6.59. The third kappa shape index (κ3) is 4.09. The number of hydrogen-bond acceptors (Lipinski definition) is 8. The number of fused-ring (bicyclic) bond motifs is 2. The molecule has 158 valence electrons. The van der Waals surface area contributed by atoms with Crippen molar-refractivity contribution in [2.24, 2.45) is 5.92 Å². The van der Waals surface area contributed by atoms with E-state index in [4.69, 9.17) is 9.47 Å². The maximum Gasteiger partial charge on any atom is 0.243 e. The molecule has 0 saturated heterocycles. The maximum absolute atomic E-state index is 13.0. The summed E-state index contributed by atoms with van der Waals surface area (Å²) in [7, 11) is -4.00. The summed E-state index contributed by atoms with van der Waals surface area (Å²) in [6.07, 6.45) is 0. The second-order valence-corrected chi connectivity index (χ2v) is 9.29. The lowest BCUT2D eigenvalue weighted by Gasteiger charge is -2.23. The summed E-state index contributed by atoms with van der Waals surface area (Å²) in [6, 6.07) is 8.77. The van der Waals surface area contributed by atoms with Gasteiger partial charge in [0.2, 0.25) is 15.9 Å². The Balaban J connectivity index is 1.56. The van der Waals surface area contributed by atoms with Gasteiger partial charge in [-0.05, 0) is 30.2 Å². The molecule has 11 heteroatoms. The molecule has 0 radical (unpaired) electrons. The molecule has 4 rings (SSSR count). The molecule has 0 saturated carbocycles. The van der Waals surface area contributed by atoms with Crippen molar-refractivity contribution in [3.8, 4) is 11.5 Å². The summed E-state index contributed by atoms with van der Waals surface area (Å²) in [4.78, 5) is 12.9. The van der Waals surface area contributed by atoms with Crippen molar-refractivity contribution in [2.45, 2.75) is 24.8 Å². The number of rotatable bonds is 6. The number of sulfonamides is 1. The predicted octanol–water partition coefficient (Wildman–Crippen LogP) is 2.40. The third-order valence-electron chi connectivity index (χ3n) is 4.58. The van der Waals surface area contributed by atoms with Crippen molar-refractivity contribution in [1.29, 1.82) is 0 Å². The first-order valence-electron chi connectivity index (χ1n) is 9.29. The molecule has 2 aromatic carbocycles. The molecule has 1 amide bonds. The van der Waals surface area contributed by atoms with Crippen molar-refractivity contribution in [3.63, 3.8) is 0 Å². The van der Waals surface area contributed by atoms with E-state index < -0.39 is 22.0 Å². The highest BCUT2D eigenvalue weighted by atomic mass is 32.2. The summed E-state index contributed by atoms with van der Waals surface area (Å²) in [5.41, 5.74) is 1.26. The van der Waals surface area contributed by atoms with E-state index in [1.165, 1.54) is 6.07 Å². The van der Waals surface area contributed by atoms with Gasteiger partial charge in [-0.25, -0.2) is 8.42 Å². The SMILES string of the molecule is CC(C)[C@H](NS(=O)(=O)c1cccc2nsnc12)C(=O)Nc1ccc2c(c1)OCCO2. The molecule has 2 heterocycles. The van der Waals surface area contributed by atoms with Gasteiger partial charge in [-0.1, -0.05) is 19.9 Å². The average Bonchev–Trinajstić information content (AvgIpc) is 3.20. The fourth-order valence-electron chi connectivity index (χ4n) is 3.06. The Morgan fingerprint density at radius 2 is 1.87 bits per heavy atom. The highest BCUT2D eigenvalue weighted by Crippen LogP contribution is 2.32. The quantitative estimate of drug-likeness (QED) is 0.594. The zero-order chi connectivity index (χ0) is 21.3. The molecule has 0 fully saturated rings. The Kier molecular flexibility index (Phi) is 5.58. The van der Waals surface area contributed by atoms with Gasteiger partial charge in [-0.15, -0.1) is 0 Å². The first-order chi connectivity index (χ1) is 14.3. The van der Waals surface area contributed by atoms with E-state index in [-0.39, 0.29) is 16.3 Å². The van der Waals surface area contributed by atoms with Crippen LogP contribution in [-0.2, 0) is 14.8 Å². The Morgan fingerprint density at radius 3 is 2.63 bits per heavy atom. The molecule has 0 bridgehead atoms. The topological polar surface area (TPSA) is 120 Å². The number of anilines is 1. The fourth-order valence-corrected chi connectivity index (χ4v) is 5.17. The average molecular weight is 449 g/mol. The minimum Gasteiger partial charge on any atom is -0.486 e. The summed E-state index contributed by atoms with van der Waals surface area (Å²) in [5.74, 6) is 0.354. The normalized spacial score (nSPS) is 14.6. The second-order valence-electron chi connectivity index (χ2n) is 7.08. The predicted molar refractivity (Wildman–Crippen MR) is 112 cm³/mol. The van der Waals surface area contributed by atoms with Gasteiger partial charge in [0.25, 0.3) is 0 Å². The monoisotopic (exact) mass is 448 g/mol. The van der Waals surface area contributed by atoms with E-state index in [0.717, 1.165) is 11.7 Å². The molecule has 0 aliphatic carbocycles. The van der Waals surface area contributed by atoms with Crippen LogP contribution in [-0.4, -0.2) is 42.3 Å². The van der Waals surface area contributed by atoms with Crippen LogP contribution < -0.4 is 19.5 Å². The van der Waals surface area contributed by atoms with Gasteiger partial charge in [0, 0.05) is 11.8 Å². The molecule has 1 aliphatic heterocycles. The highest BCUT2D eigenvalue weighted by Gasteiger charge is 2.30. The van der Waals surface area contributed by atoms with Gasteiger partial charge >= 0.3 is 0 Å². The lowest BCUT2D eigenvalue weighted by Crippen LogP contribution is -2.47. The first-order valence-corrected chi connectivity index (χ1v) is 11.5. The number of ether oxygens (including phenoxy) is 2. The standard InChI is InChI=1S/C19H20N4O5S2/c1-11(2)17(19(24)20-12-6-7-14-15(10-12)28-9-8-27-14)23-30(25,26)16-5-3-4-13-18(16)22-29-21-13/h3-7,10-11,17,23H,8-9H2,1-2H3,(H,20,24)/t17-/m0/s1. The molecule has 3 aromatic rings. The number of nitrogens with zero attached hydrogens (tertiary/aromatic N) is 2. The zero-order valence-electron chi connectivity index (χ0n) is 16.3. The Bertz CT molecular complexity index is 1190. The zero-order valence-corrected chi connectivity index (χ0v) is 17.9. The molecule has 0 spiro atoms. The fraction of sp³-hybridized carbons (Fsp3) is 0.316. The van der Waals surface area contributed by atoms with Crippen LogP contribution in [0.2, 0.25) is 0 Å². The lowest BCUT2D eigenvalue weighted by molar-refractivity contribution is -0.118. The van der Waals surface area contributed by atoms with Crippen LogP contribution >= 0.6 is 11.7 Å². The van der Waals surface area contributed by atoms with Crippen molar-refractivity contribution in [3.05, 3.63) is 36.4 Å². The van der Waals surface area contributed by atoms with Crippen LogP contribution in [0.25, 0.3) is 11.0 Å². The maximum atomic E-state index is 13.0. The van der Waals surface area contributed by atoms with E-state index in [0.29, 0.717) is 35.9 Å². The molecule has 1 atom stereocenters. The van der Waals surface area contributed by atoms with E-state index in [1.54, 1.807) is 44.2 Å². The minimum absolute atomic E-state index is 0.00784. The number of hydrogen-bond donors (Lipinski definition) is 2. The van der Waals surface area contributed by atoms with E-state index >= 15 is 0 Å². The molecule has 1 aliphatic rings. The van der Waals surface area contributed by atoms with Crippen LogP contribution in [0.4, 0.5) is 5.69 Å². The number of carbonyl (C=O) groups excluding carboxylic acids is 1. The lowest BCUT2D eigenvalue weighted by atomic mass is 10.0. The highest BCUT2D eigenvalue weighted by molar-refractivity contribution is 7.89. The molecule has 9 nitrogen and oxygen atoms in total. The Hall–Kier alpha value is -2.76. The van der Waals surface area contributed by atoms with Gasteiger partial charge in [0.15, 0.2) is 11.5 Å². The molecule has 2 N–H and O–H groups in total. The van der Waals surface area contributed by atoms with Gasteiger partial charge in [0.1, 0.15) is 35.2 Å². The number of amides is 1. The molecule has 0 unspecified atom stereocenters. The smallest absolute Gasteiger partial charge is 0.243 e. The van der Waals surface area contributed by atoms with Crippen molar-refractivity contribution in [2.75, 3.05) is 18.5 Å². The number of carbonyl (C=O) groups is 1. The van der Waals surface area contributed by atoms with E-state index in [2.05, 4.69) is 18.8 Å². The number of nitrogens with one attached hydrogen (secondary N) is 2. The van der Waals surface area contributed by atoms with E-state index in [1.807, 2.05) is 0 Å². The van der Waals surface area contributed by atoms with Crippen LogP contribution in [0.15, 0.2) is 41.3 Å². The van der Waals surface area contributed by atoms with Gasteiger partial charge in [-0.3, -0.25) is 4.79 Å². The van der Waals surface area contributed by atoms with Crippen LogP contribution in [0, 0.1) is 5.92 Å². The minimum atomic E-state index is -4.00. The largest absolute Gasteiger partial charge is 0.486 e. The number of aromatic nitrogens is 2. The molecule has 30 heavy (non-hydrogen) atoms. The van der Waals surface area contributed by atoms with Crippen molar-refractivity contribution >= 4 is 44.4 Å². The summed E-state index contributed by atoms with van der Waals surface area (Å²) < 4.78 is 47.7. The molecular formula is C19H20N4O5S2. The van der Waals surface area contributed by atoms with Crippen molar-refractivity contribution in [1.82, 2.24) is 13.5 Å². The van der Waals surface area contributed by atoms with Gasteiger partial charge in [0.05, 0.1) is 11.7 Å². The van der Waals surface area contributed by atoms with Crippen molar-refractivity contribution < 1.29 is 22.7 Å². The van der Waals surface area contributed by atoms with Crippen LogP contribution in [0.1, 0.15) is 13.8 Å². The Labute approximate surface area is 177 Å². The summed E-state index contributed by atoms with van der Waals surface area (Å²) >= 11 is 0.934. The summed E-state index contributed by atoms with van der Waals surface area (Å²) in [6.45, 7) is 4.43. The molecule has 1 aromatic heterocycles. The first kappa shape index (κ1) is 20.5. The van der Waals surface area contributed by atoms with Gasteiger partial charge in [-0.2, -0.15) is 13.5 Å².